The van der Waals surface area contributed by atoms with Crippen molar-refractivity contribution in [3.8, 4) is 0 Å². The summed E-state index contributed by atoms with van der Waals surface area (Å²) < 4.78 is 27.3. The Bertz CT molecular complexity index is 271. The summed E-state index contributed by atoms with van der Waals surface area (Å²) in [6.07, 6.45) is 7.07. The van der Waals surface area contributed by atoms with Gasteiger partial charge in [0.15, 0.2) is 0 Å². The summed E-state index contributed by atoms with van der Waals surface area (Å²) in [5.41, 5.74) is 0. The Morgan fingerprint density at radius 2 is 2.12 bits per heavy atom. The van der Waals surface area contributed by atoms with Gasteiger partial charge in [0.1, 0.15) is 9.84 Å². The Hall–Kier alpha value is -0.130. The predicted molar refractivity (Wildman–Crippen MR) is 65.4 cm³/mol. The van der Waals surface area contributed by atoms with Crippen molar-refractivity contribution in [3.05, 3.63) is 0 Å². The van der Waals surface area contributed by atoms with Crippen LogP contribution in [-0.2, 0) is 14.6 Å². The lowest BCUT2D eigenvalue weighted by atomic mass is 10.1. The van der Waals surface area contributed by atoms with Crippen LogP contribution in [0.15, 0.2) is 0 Å². The average molecular weight is 249 g/mol. The molecule has 1 unspecified atom stereocenters. The van der Waals surface area contributed by atoms with E-state index in [4.69, 9.17) is 4.74 Å². The Labute approximate surface area is 98.7 Å². The van der Waals surface area contributed by atoms with Gasteiger partial charge in [0, 0.05) is 12.9 Å². The van der Waals surface area contributed by atoms with Crippen molar-refractivity contribution in [1.29, 1.82) is 0 Å². The normalized spacial score (nSPS) is 22.2. The fraction of sp³-hybridized carbons (Fsp3) is 1.00. The van der Waals surface area contributed by atoms with E-state index in [1.54, 1.807) is 0 Å². The van der Waals surface area contributed by atoms with Gasteiger partial charge >= 0.3 is 0 Å². The number of hydrogen-bond acceptors (Lipinski definition) is 4. The molecule has 5 heteroatoms. The fourth-order valence-electron chi connectivity index (χ4n) is 1.88. The van der Waals surface area contributed by atoms with Gasteiger partial charge in [-0.3, -0.25) is 0 Å². The van der Waals surface area contributed by atoms with E-state index in [0.29, 0.717) is 12.5 Å². The van der Waals surface area contributed by atoms with Gasteiger partial charge < -0.3 is 10.1 Å². The SMILES string of the molecule is CS(=O)(=O)CCCNCCC1CCCCO1. The minimum Gasteiger partial charge on any atom is -0.378 e. The van der Waals surface area contributed by atoms with E-state index in [0.717, 1.165) is 26.1 Å². The van der Waals surface area contributed by atoms with Gasteiger partial charge in [0.05, 0.1) is 11.9 Å². The lowest BCUT2D eigenvalue weighted by molar-refractivity contribution is 0.0116. The molecule has 1 atom stereocenters. The minimum atomic E-state index is -2.80. The van der Waals surface area contributed by atoms with Crippen LogP contribution < -0.4 is 5.32 Å². The number of sulfone groups is 1. The molecule has 0 aromatic heterocycles. The molecular formula is C11H23NO3S. The van der Waals surface area contributed by atoms with Crippen molar-refractivity contribution in [2.24, 2.45) is 0 Å². The summed E-state index contributed by atoms with van der Waals surface area (Å²) in [6, 6.07) is 0. The molecule has 1 aliphatic heterocycles. The second-order valence-corrected chi connectivity index (χ2v) is 6.77. The van der Waals surface area contributed by atoms with Crippen molar-refractivity contribution < 1.29 is 13.2 Å². The molecule has 0 radical (unpaired) electrons. The zero-order valence-electron chi connectivity index (χ0n) is 10.1. The smallest absolute Gasteiger partial charge is 0.147 e. The van der Waals surface area contributed by atoms with E-state index in [-0.39, 0.29) is 5.75 Å². The maximum absolute atomic E-state index is 10.9. The van der Waals surface area contributed by atoms with Crippen LogP contribution in [0, 0.1) is 0 Å². The zero-order chi connectivity index (χ0) is 11.9. The quantitative estimate of drug-likeness (QED) is 0.683. The molecule has 0 aromatic carbocycles. The number of hydrogen-bond donors (Lipinski definition) is 1. The van der Waals surface area contributed by atoms with Crippen LogP contribution in [0.1, 0.15) is 32.1 Å². The molecule has 16 heavy (non-hydrogen) atoms. The number of ether oxygens (including phenoxy) is 1. The standard InChI is InChI=1S/C11H23NO3S/c1-16(13,14)10-4-7-12-8-6-11-5-2-3-9-15-11/h11-12H,2-10H2,1H3. The topological polar surface area (TPSA) is 55.4 Å². The van der Waals surface area contributed by atoms with E-state index in [1.807, 2.05) is 0 Å². The maximum Gasteiger partial charge on any atom is 0.147 e. The van der Waals surface area contributed by atoms with Crippen molar-refractivity contribution >= 4 is 9.84 Å². The fourth-order valence-corrected chi connectivity index (χ4v) is 2.55. The third kappa shape index (κ3) is 7.19. The van der Waals surface area contributed by atoms with E-state index in [1.165, 1.54) is 25.5 Å². The Morgan fingerprint density at radius 3 is 2.75 bits per heavy atom. The highest BCUT2D eigenvalue weighted by Crippen LogP contribution is 2.14. The van der Waals surface area contributed by atoms with Gasteiger partial charge in [0.2, 0.25) is 0 Å². The summed E-state index contributed by atoms with van der Waals surface area (Å²) >= 11 is 0. The predicted octanol–water partition coefficient (Wildman–Crippen LogP) is 0.970. The van der Waals surface area contributed by atoms with E-state index in [9.17, 15) is 8.42 Å². The van der Waals surface area contributed by atoms with Crippen LogP contribution in [0.25, 0.3) is 0 Å². The average Bonchev–Trinajstić information content (AvgIpc) is 2.23. The first-order chi connectivity index (χ1) is 7.58. The second kappa shape index (κ2) is 7.25. The summed E-state index contributed by atoms with van der Waals surface area (Å²) in [6.45, 7) is 2.60. The molecule has 1 N–H and O–H groups in total. The molecule has 0 spiro atoms. The first-order valence-electron chi connectivity index (χ1n) is 6.08. The largest absolute Gasteiger partial charge is 0.378 e. The molecule has 96 valence electrons. The van der Waals surface area contributed by atoms with Crippen molar-refractivity contribution in [2.75, 3.05) is 31.7 Å². The third-order valence-electron chi connectivity index (χ3n) is 2.79. The van der Waals surface area contributed by atoms with Crippen LogP contribution in [0.5, 0.6) is 0 Å². The Balaban J connectivity index is 1.91. The highest BCUT2D eigenvalue weighted by Gasteiger charge is 2.12. The van der Waals surface area contributed by atoms with Crippen LogP contribution in [0.3, 0.4) is 0 Å². The highest BCUT2D eigenvalue weighted by atomic mass is 32.2. The molecule has 0 aromatic rings. The molecule has 0 saturated carbocycles. The highest BCUT2D eigenvalue weighted by molar-refractivity contribution is 7.90. The lowest BCUT2D eigenvalue weighted by Crippen LogP contribution is -2.26. The van der Waals surface area contributed by atoms with Crippen molar-refractivity contribution in [2.45, 2.75) is 38.2 Å². The van der Waals surface area contributed by atoms with E-state index < -0.39 is 9.84 Å². The molecule has 1 heterocycles. The van der Waals surface area contributed by atoms with Crippen molar-refractivity contribution in [1.82, 2.24) is 5.32 Å². The summed E-state index contributed by atoms with van der Waals surface area (Å²) in [5.74, 6) is 0.278. The maximum atomic E-state index is 10.9. The molecule has 0 amide bonds. The van der Waals surface area contributed by atoms with Gasteiger partial charge in [-0.25, -0.2) is 8.42 Å². The molecule has 1 saturated heterocycles. The Morgan fingerprint density at radius 1 is 1.31 bits per heavy atom. The van der Waals surface area contributed by atoms with Crippen LogP contribution in [-0.4, -0.2) is 46.2 Å². The minimum absolute atomic E-state index is 0.278. The monoisotopic (exact) mass is 249 g/mol. The summed E-state index contributed by atoms with van der Waals surface area (Å²) in [5, 5.41) is 3.26. The first kappa shape index (κ1) is 13.9. The van der Waals surface area contributed by atoms with Crippen LogP contribution in [0.2, 0.25) is 0 Å². The van der Waals surface area contributed by atoms with Crippen LogP contribution >= 0.6 is 0 Å². The number of nitrogens with one attached hydrogen (secondary N) is 1. The molecule has 1 rings (SSSR count). The van der Waals surface area contributed by atoms with Crippen LogP contribution in [0.4, 0.5) is 0 Å². The second-order valence-electron chi connectivity index (χ2n) is 4.51. The molecule has 0 aliphatic carbocycles. The van der Waals surface area contributed by atoms with Crippen molar-refractivity contribution in [3.63, 3.8) is 0 Å². The first-order valence-corrected chi connectivity index (χ1v) is 8.14. The molecule has 1 aliphatic rings. The summed E-state index contributed by atoms with van der Waals surface area (Å²) in [7, 11) is -2.80. The van der Waals surface area contributed by atoms with Gasteiger partial charge in [0.25, 0.3) is 0 Å². The van der Waals surface area contributed by atoms with Gasteiger partial charge in [-0.2, -0.15) is 0 Å². The summed E-state index contributed by atoms with van der Waals surface area (Å²) in [4.78, 5) is 0. The Kier molecular flexibility index (Phi) is 6.31. The van der Waals surface area contributed by atoms with Gasteiger partial charge in [-0.15, -0.1) is 0 Å². The van der Waals surface area contributed by atoms with Gasteiger partial charge in [-0.1, -0.05) is 0 Å². The van der Waals surface area contributed by atoms with Gasteiger partial charge in [-0.05, 0) is 45.2 Å². The van der Waals surface area contributed by atoms with E-state index >= 15 is 0 Å². The molecule has 4 nitrogen and oxygen atoms in total. The number of rotatable bonds is 7. The van der Waals surface area contributed by atoms with E-state index in [2.05, 4.69) is 5.32 Å². The third-order valence-corrected chi connectivity index (χ3v) is 3.82. The molecule has 0 bridgehead atoms. The molecule has 1 fully saturated rings. The molecular weight excluding hydrogens is 226 g/mol. The lowest BCUT2D eigenvalue weighted by Gasteiger charge is -2.22. The zero-order valence-corrected chi connectivity index (χ0v) is 10.9.